The van der Waals surface area contributed by atoms with Crippen LogP contribution < -0.4 is 5.32 Å². The van der Waals surface area contributed by atoms with Crippen molar-refractivity contribution in [3.05, 3.63) is 0 Å². The Hall–Kier alpha value is -1.17. The molecule has 1 fully saturated rings. The maximum Gasteiger partial charge on any atom is 0.222 e. The molecule has 0 saturated carbocycles. The maximum atomic E-state index is 12.0. The zero-order valence-electron chi connectivity index (χ0n) is 11.2. The minimum atomic E-state index is -3.43. The van der Waals surface area contributed by atoms with Crippen LogP contribution in [0.25, 0.3) is 0 Å². The summed E-state index contributed by atoms with van der Waals surface area (Å²) in [5.74, 6) is -0.691. The Morgan fingerprint density at radius 2 is 2.00 bits per heavy atom. The Kier molecular flexibility index (Phi) is 5.29. The second kappa shape index (κ2) is 6.32. The predicted molar refractivity (Wildman–Crippen MR) is 68.6 cm³/mol. The van der Waals surface area contributed by atoms with E-state index < -0.39 is 21.5 Å². The van der Waals surface area contributed by atoms with Gasteiger partial charge in [0.2, 0.25) is 15.9 Å². The monoisotopic (exact) mass is 289 g/mol. The Labute approximate surface area is 113 Å². The molecule has 1 heterocycles. The first-order valence-corrected chi connectivity index (χ1v) is 7.65. The molecule has 1 saturated heterocycles. The van der Waals surface area contributed by atoms with Crippen LogP contribution in [0, 0.1) is 11.3 Å². The van der Waals surface area contributed by atoms with Gasteiger partial charge in [-0.1, -0.05) is 0 Å². The van der Waals surface area contributed by atoms with Crippen molar-refractivity contribution in [2.24, 2.45) is 0 Å². The molecule has 1 amide bonds. The number of ether oxygens (including phenoxy) is 1. The van der Waals surface area contributed by atoms with Crippen LogP contribution >= 0.6 is 0 Å². The highest BCUT2D eigenvalue weighted by molar-refractivity contribution is 7.89. The average Bonchev–Trinajstić information content (AvgIpc) is 2.37. The first-order valence-electron chi connectivity index (χ1n) is 6.05. The van der Waals surface area contributed by atoms with Crippen LogP contribution in [0.15, 0.2) is 0 Å². The lowest BCUT2D eigenvalue weighted by Gasteiger charge is -2.26. The first kappa shape index (κ1) is 15.9. The summed E-state index contributed by atoms with van der Waals surface area (Å²) in [6, 6.07) is 1.92. The molecule has 1 N–H and O–H groups in total. The summed E-state index contributed by atoms with van der Waals surface area (Å²) in [4.78, 5) is 11.6. The summed E-state index contributed by atoms with van der Waals surface area (Å²) in [5, 5.41) is 11.2. The lowest BCUT2D eigenvalue weighted by molar-refractivity contribution is -0.121. The van der Waals surface area contributed by atoms with Crippen LogP contribution in [-0.2, 0) is 19.6 Å². The molecule has 108 valence electrons. The summed E-state index contributed by atoms with van der Waals surface area (Å²) in [6.07, 6.45) is -0.148. The smallest absolute Gasteiger partial charge is 0.222 e. The highest BCUT2D eigenvalue weighted by Gasteiger charge is 2.26. The van der Waals surface area contributed by atoms with Crippen molar-refractivity contribution < 1.29 is 17.9 Å². The van der Waals surface area contributed by atoms with E-state index in [0.717, 1.165) is 0 Å². The summed E-state index contributed by atoms with van der Waals surface area (Å²) < 4.78 is 30.3. The van der Waals surface area contributed by atoms with E-state index in [9.17, 15) is 13.2 Å². The van der Waals surface area contributed by atoms with Crippen molar-refractivity contribution >= 4 is 15.9 Å². The van der Waals surface area contributed by atoms with Crippen LogP contribution in [0.5, 0.6) is 0 Å². The van der Waals surface area contributed by atoms with Crippen molar-refractivity contribution in [2.45, 2.75) is 25.8 Å². The third-order valence-corrected chi connectivity index (χ3v) is 4.55. The highest BCUT2D eigenvalue weighted by Crippen LogP contribution is 2.07. The molecule has 0 unspecified atom stereocenters. The van der Waals surface area contributed by atoms with E-state index in [0.29, 0.717) is 26.3 Å². The molecule has 1 aliphatic heterocycles. The molecule has 7 nitrogen and oxygen atoms in total. The average molecular weight is 289 g/mol. The van der Waals surface area contributed by atoms with Crippen molar-refractivity contribution in [1.82, 2.24) is 9.62 Å². The zero-order valence-corrected chi connectivity index (χ0v) is 12.0. The number of nitriles is 1. The lowest BCUT2D eigenvalue weighted by atomic mass is 10.1. The Balaban J connectivity index is 2.47. The molecule has 0 aromatic rings. The fourth-order valence-electron chi connectivity index (χ4n) is 1.61. The van der Waals surface area contributed by atoms with Gasteiger partial charge in [-0.25, -0.2) is 8.42 Å². The fraction of sp³-hybridized carbons (Fsp3) is 0.818. The molecule has 1 aliphatic rings. The summed E-state index contributed by atoms with van der Waals surface area (Å²) >= 11 is 0. The van der Waals surface area contributed by atoms with E-state index in [4.69, 9.17) is 10.00 Å². The molecule has 1 rings (SSSR count). The second-order valence-electron chi connectivity index (χ2n) is 4.86. The molecule has 19 heavy (non-hydrogen) atoms. The molecule has 0 bridgehead atoms. The van der Waals surface area contributed by atoms with Crippen molar-refractivity contribution in [3.63, 3.8) is 0 Å². The summed E-state index contributed by atoms with van der Waals surface area (Å²) in [7, 11) is -3.43. The summed E-state index contributed by atoms with van der Waals surface area (Å²) in [5.41, 5.74) is -0.986. The number of nitrogens with zero attached hydrogens (tertiary/aromatic N) is 2. The predicted octanol–water partition coefficient (Wildman–Crippen LogP) is -0.543. The van der Waals surface area contributed by atoms with Crippen molar-refractivity contribution in [2.75, 3.05) is 32.1 Å². The van der Waals surface area contributed by atoms with Gasteiger partial charge in [0.25, 0.3) is 0 Å². The molecule has 0 radical (unpaired) electrons. The summed E-state index contributed by atoms with van der Waals surface area (Å²) in [6.45, 7) is 4.53. The fourth-order valence-corrected chi connectivity index (χ4v) is 3.02. The van der Waals surface area contributed by atoms with Gasteiger partial charge in [-0.05, 0) is 13.8 Å². The highest BCUT2D eigenvalue weighted by atomic mass is 32.2. The minimum Gasteiger partial charge on any atom is -0.379 e. The number of nitrogens with one attached hydrogen (secondary N) is 1. The van der Waals surface area contributed by atoms with Crippen LogP contribution in [0.3, 0.4) is 0 Å². The van der Waals surface area contributed by atoms with Gasteiger partial charge in [0.1, 0.15) is 5.54 Å². The van der Waals surface area contributed by atoms with Crippen LogP contribution in [0.1, 0.15) is 20.3 Å². The van der Waals surface area contributed by atoms with E-state index in [1.807, 2.05) is 6.07 Å². The lowest BCUT2D eigenvalue weighted by Crippen LogP contribution is -2.45. The molecular weight excluding hydrogens is 270 g/mol. The van der Waals surface area contributed by atoms with Gasteiger partial charge in [-0.3, -0.25) is 4.79 Å². The molecule has 0 atom stereocenters. The molecule has 0 spiro atoms. The first-order chi connectivity index (χ1) is 8.77. The topological polar surface area (TPSA) is 99.5 Å². The normalized spacial score (nSPS) is 17.7. The van der Waals surface area contributed by atoms with Crippen LogP contribution in [-0.4, -0.2) is 56.2 Å². The quantitative estimate of drug-likeness (QED) is 0.732. The number of morpholine rings is 1. The van der Waals surface area contributed by atoms with Crippen molar-refractivity contribution in [3.8, 4) is 6.07 Å². The van der Waals surface area contributed by atoms with E-state index in [1.54, 1.807) is 13.8 Å². The number of hydrogen-bond donors (Lipinski definition) is 1. The SMILES string of the molecule is CC(C)(C#N)NC(=O)CCS(=O)(=O)N1CCOCC1. The van der Waals surface area contributed by atoms with Crippen LogP contribution in [0.2, 0.25) is 0 Å². The third kappa shape index (κ3) is 5.14. The van der Waals surface area contributed by atoms with E-state index in [-0.39, 0.29) is 12.2 Å². The third-order valence-electron chi connectivity index (χ3n) is 2.68. The minimum absolute atomic E-state index is 0.148. The molecule has 0 aromatic carbocycles. The van der Waals surface area contributed by atoms with Gasteiger partial charge >= 0.3 is 0 Å². The molecule has 8 heteroatoms. The van der Waals surface area contributed by atoms with E-state index in [1.165, 1.54) is 4.31 Å². The number of sulfonamides is 1. The van der Waals surface area contributed by atoms with E-state index >= 15 is 0 Å². The zero-order chi connectivity index (χ0) is 14.5. The van der Waals surface area contributed by atoms with E-state index in [2.05, 4.69) is 5.32 Å². The number of carbonyl (C=O) groups excluding carboxylic acids is 1. The Bertz CT molecular complexity index is 461. The van der Waals surface area contributed by atoms with Gasteiger partial charge in [-0.2, -0.15) is 9.57 Å². The van der Waals surface area contributed by atoms with Gasteiger partial charge in [0.05, 0.1) is 25.0 Å². The number of hydrogen-bond acceptors (Lipinski definition) is 5. The second-order valence-corrected chi connectivity index (χ2v) is 6.95. The van der Waals surface area contributed by atoms with Crippen molar-refractivity contribution in [1.29, 1.82) is 5.26 Å². The van der Waals surface area contributed by atoms with Gasteiger partial charge in [0.15, 0.2) is 0 Å². The number of carbonyl (C=O) groups is 1. The standard InChI is InChI=1S/C11H19N3O4S/c1-11(2,9-12)13-10(15)3-8-19(16,17)14-4-6-18-7-5-14/h3-8H2,1-2H3,(H,13,15). The Morgan fingerprint density at radius 1 is 1.42 bits per heavy atom. The molecular formula is C11H19N3O4S. The van der Waals surface area contributed by atoms with Crippen LogP contribution in [0.4, 0.5) is 0 Å². The van der Waals surface area contributed by atoms with Gasteiger partial charge < -0.3 is 10.1 Å². The van der Waals surface area contributed by atoms with Gasteiger partial charge in [0, 0.05) is 19.5 Å². The Morgan fingerprint density at radius 3 is 2.53 bits per heavy atom. The maximum absolute atomic E-state index is 12.0. The number of rotatable bonds is 5. The largest absolute Gasteiger partial charge is 0.379 e. The van der Waals surface area contributed by atoms with Gasteiger partial charge in [-0.15, -0.1) is 0 Å². The number of amides is 1. The molecule has 0 aromatic heterocycles. The molecule has 0 aliphatic carbocycles.